The second-order valence-electron chi connectivity index (χ2n) is 7.13. The van der Waals surface area contributed by atoms with Crippen LogP contribution in [0.25, 0.3) is 0 Å². The highest BCUT2D eigenvalue weighted by molar-refractivity contribution is 5.96. The van der Waals surface area contributed by atoms with Crippen LogP contribution >= 0.6 is 0 Å². The molecule has 5 heteroatoms. The Kier molecular flexibility index (Phi) is 6.75. The molecule has 27 heavy (non-hydrogen) atoms. The number of nitrogens with zero attached hydrogens (tertiary/aromatic N) is 1. The largest absolute Gasteiger partial charge is 0.355 e. The molecule has 0 radical (unpaired) electrons. The van der Waals surface area contributed by atoms with Gasteiger partial charge in [-0.25, -0.2) is 0 Å². The zero-order valence-electron chi connectivity index (χ0n) is 17.0. The summed E-state index contributed by atoms with van der Waals surface area (Å²) in [7, 11) is 3.54. The van der Waals surface area contributed by atoms with Gasteiger partial charge in [0.25, 0.3) is 5.91 Å². The molecule has 2 rings (SSSR count). The third-order valence-corrected chi connectivity index (χ3v) is 4.84. The average molecular weight is 367 g/mol. The zero-order chi connectivity index (χ0) is 20.1. The Bertz CT molecular complexity index is 805. The maximum Gasteiger partial charge on any atom is 0.251 e. The number of hydrogen-bond donors (Lipinski definition) is 2. The molecule has 5 nitrogen and oxygen atoms in total. The maximum absolute atomic E-state index is 12.7. The molecule has 0 saturated carbocycles. The number of hydrogen-bond acceptors (Lipinski definition) is 3. The van der Waals surface area contributed by atoms with Gasteiger partial charge in [-0.05, 0) is 63.6 Å². The Balaban J connectivity index is 2.03. The Labute approximate surface area is 161 Å². The predicted molar refractivity (Wildman–Crippen MR) is 110 cm³/mol. The number of aryl methyl sites for hydroxylation is 3. The molecule has 144 valence electrons. The van der Waals surface area contributed by atoms with Crippen LogP contribution in [0.4, 0.5) is 5.69 Å². The first-order valence-corrected chi connectivity index (χ1v) is 9.13. The van der Waals surface area contributed by atoms with E-state index in [0.29, 0.717) is 12.1 Å². The molecule has 0 aromatic heterocycles. The van der Waals surface area contributed by atoms with Crippen LogP contribution in [0, 0.1) is 20.8 Å². The lowest BCUT2D eigenvalue weighted by Crippen LogP contribution is -2.39. The highest BCUT2D eigenvalue weighted by Crippen LogP contribution is 2.22. The van der Waals surface area contributed by atoms with E-state index in [1.807, 2.05) is 44.9 Å². The van der Waals surface area contributed by atoms with Crippen molar-refractivity contribution >= 4 is 17.5 Å². The minimum absolute atomic E-state index is 0.0328. The molecule has 2 aromatic rings. The maximum atomic E-state index is 12.7. The summed E-state index contributed by atoms with van der Waals surface area (Å²) < 4.78 is 0. The van der Waals surface area contributed by atoms with E-state index in [2.05, 4.69) is 29.7 Å². The summed E-state index contributed by atoms with van der Waals surface area (Å²) in [6, 6.07) is 11.3. The van der Waals surface area contributed by atoms with Crippen LogP contribution in [0.15, 0.2) is 36.4 Å². The van der Waals surface area contributed by atoms with Crippen LogP contribution in [-0.4, -0.2) is 36.9 Å². The number of carbonyl (C=O) groups excluding carboxylic acids is 2. The van der Waals surface area contributed by atoms with Crippen LogP contribution in [-0.2, 0) is 11.3 Å². The van der Waals surface area contributed by atoms with Crippen molar-refractivity contribution < 1.29 is 9.59 Å². The number of benzene rings is 2. The number of carbonyl (C=O) groups is 2. The van der Waals surface area contributed by atoms with Crippen molar-refractivity contribution in [1.29, 1.82) is 0 Å². The summed E-state index contributed by atoms with van der Waals surface area (Å²) >= 11 is 0. The number of rotatable bonds is 6. The lowest BCUT2D eigenvalue weighted by atomic mass is 10.0. The molecule has 0 heterocycles. The second kappa shape index (κ2) is 8.82. The SMILES string of the molecule is CNC(=O)c1ccc(CN(C)[C@@H](C)C(=O)Nc2c(C)cc(C)cc2C)cc1. The zero-order valence-corrected chi connectivity index (χ0v) is 17.0. The monoisotopic (exact) mass is 367 g/mol. The molecular formula is C22H29N3O2. The van der Waals surface area contributed by atoms with Gasteiger partial charge < -0.3 is 10.6 Å². The van der Waals surface area contributed by atoms with E-state index in [1.54, 1.807) is 19.2 Å². The van der Waals surface area contributed by atoms with Crippen molar-refractivity contribution in [2.24, 2.45) is 0 Å². The molecule has 0 spiro atoms. The molecule has 0 unspecified atom stereocenters. The van der Waals surface area contributed by atoms with Crippen LogP contribution in [0.5, 0.6) is 0 Å². The first kappa shape index (κ1) is 20.6. The van der Waals surface area contributed by atoms with Gasteiger partial charge in [0.15, 0.2) is 0 Å². The Morgan fingerprint density at radius 2 is 1.59 bits per heavy atom. The number of amides is 2. The van der Waals surface area contributed by atoms with E-state index >= 15 is 0 Å². The van der Waals surface area contributed by atoms with Gasteiger partial charge in [-0.3, -0.25) is 14.5 Å². The van der Waals surface area contributed by atoms with Gasteiger partial charge in [-0.2, -0.15) is 0 Å². The summed E-state index contributed by atoms with van der Waals surface area (Å²) in [4.78, 5) is 26.3. The van der Waals surface area contributed by atoms with E-state index in [4.69, 9.17) is 0 Å². The fraction of sp³-hybridized carbons (Fsp3) is 0.364. The van der Waals surface area contributed by atoms with Gasteiger partial charge in [0.2, 0.25) is 5.91 Å². The molecule has 0 saturated heterocycles. The molecule has 0 aliphatic carbocycles. The fourth-order valence-electron chi connectivity index (χ4n) is 3.14. The van der Waals surface area contributed by atoms with Crippen LogP contribution < -0.4 is 10.6 Å². The van der Waals surface area contributed by atoms with Crippen LogP contribution in [0.3, 0.4) is 0 Å². The van der Waals surface area contributed by atoms with Gasteiger partial charge in [-0.15, -0.1) is 0 Å². The quantitative estimate of drug-likeness (QED) is 0.822. The smallest absolute Gasteiger partial charge is 0.251 e. The second-order valence-corrected chi connectivity index (χ2v) is 7.13. The molecule has 1 atom stereocenters. The van der Waals surface area contributed by atoms with Crippen molar-refractivity contribution in [3.05, 3.63) is 64.2 Å². The molecule has 0 aliphatic rings. The lowest BCUT2D eigenvalue weighted by molar-refractivity contribution is -0.120. The van der Waals surface area contributed by atoms with E-state index in [0.717, 1.165) is 22.4 Å². The van der Waals surface area contributed by atoms with Crippen molar-refractivity contribution in [2.45, 2.75) is 40.3 Å². The molecule has 0 fully saturated rings. The minimum atomic E-state index is -0.288. The van der Waals surface area contributed by atoms with Crippen LogP contribution in [0.1, 0.15) is 39.5 Å². The fourth-order valence-corrected chi connectivity index (χ4v) is 3.14. The molecule has 0 bridgehead atoms. The van der Waals surface area contributed by atoms with Crippen molar-refractivity contribution in [3.8, 4) is 0 Å². The van der Waals surface area contributed by atoms with Gasteiger partial charge in [0.1, 0.15) is 0 Å². The number of nitrogens with one attached hydrogen (secondary N) is 2. The Hall–Kier alpha value is -2.66. The van der Waals surface area contributed by atoms with Crippen molar-refractivity contribution in [1.82, 2.24) is 10.2 Å². The Morgan fingerprint density at radius 1 is 1.04 bits per heavy atom. The topological polar surface area (TPSA) is 61.4 Å². The summed E-state index contributed by atoms with van der Waals surface area (Å²) in [5.74, 6) is -0.138. The van der Waals surface area contributed by atoms with E-state index < -0.39 is 0 Å². The molecular weight excluding hydrogens is 338 g/mol. The standard InChI is InChI=1S/C22H29N3O2/c1-14-11-15(2)20(16(3)12-14)24-21(26)17(4)25(6)13-18-7-9-19(10-8-18)22(27)23-5/h7-12,17H,13H2,1-6H3,(H,23,27)(H,24,26)/t17-/m0/s1. The average Bonchev–Trinajstić information content (AvgIpc) is 2.63. The van der Waals surface area contributed by atoms with E-state index in [-0.39, 0.29) is 17.9 Å². The lowest BCUT2D eigenvalue weighted by Gasteiger charge is -2.25. The third kappa shape index (κ3) is 5.17. The van der Waals surface area contributed by atoms with Gasteiger partial charge >= 0.3 is 0 Å². The summed E-state index contributed by atoms with van der Waals surface area (Å²) in [5, 5.41) is 5.68. The van der Waals surface area contributed by atoms with E-state index in [9.17, 15) is 9.59 Å². The first-order chi connectivity index (χ1) is 12.7. The molecule has 2 amide bonds. The highest BCUT2D eigenvalue weighted by atomic mass is 16.2. The van der Waals surface area contributed by atoms with Crippen molar-refractivity contribution in [3.63, 3.8) is 0 Å². The summed E-state index contributed by atoms with van der Waals surface area (Å²) in [5.41, 5.74) is 5.89. The summed E-state index contributed by atoms with van der Waals surface area (Å²) in [6.07, 6.45) is 0. The highest BCUT2D eigenvalue weighted by Gasteiger charge is 2.19. The van der Waals surface area contributed by atoms with Crippen molar-refractivity contribution in [2.75, 3.05) is 19.4 Å². The third-order valence-electron chi connectivity index (χ3n) is 4.84. The van der Waals surface area contributed by atoms with Gasteiger partial charge in [0, 0.05) is 24.8 Å². The van der Waals surface area contributed by atoms with E-state index in [1.165, 1.54) is 5.56 Å². The Morgan fingerprint density at radius 3 is 2.11 bits per heavy atom. The molecule has 2 aromatic carbocycles. The first-order valence-electron chi connectivity index (χ1n) is 9.13. The number of anilines is 1. The summed E-state index contributed by atoms with van der Waals surface area (Å²) in [6.45, 7) is 8.59. The normalized spacial score (nSPS) is 12.0. The van der Waals surface area contributed by atoms with Gasteiger partial charge in [-0.1, -0.05) is 29.8 Å². The molecule has 0 aliphatic heterocycles. The number of likely N-dealkylation sites (N-methyl/N-ethyl adjacent to an activating group) is 1. The predicted octanol–water partition coefficient (Wildman–Crippen LogP) is 3.43. The molecule has 2 N–H and O–H groups in total. The van der Waals surface area contributed by atoms with Gasteiger partial charge in [0.05, 0.1) is 6.04 Å². The van der Waals surface area contributed by atoms with Crippen LogP contribution in [0.2, 0.25) is 0 Å². The minimum Gasteiger partial charge on any atom is -0.355 e.